The van der Waals surface area contributed by atoms with Crippen LogP contribution in [-0.2, 0) is 10.2 Å². The van der Waals surface area contributed by atoms with Crippen molar-refractivity contribution in [3.8, 4) is 0 Å². The van der Waals surface area contributed by atoms with E-state index in [4.69, 9.17) is 0 Å². The van der Waals surface area contributed by atoms with Crippen LogP contribution in [0.2, 0.25) is 0 Å². The lowest BCUT2D eigenvalue weighted by atomic mass is 9.83. The fourth-order valence-electron chi connectivity index (χ4n) is 2.31. The number of hydrogen-bond acceptors (Lipinski definition) is 1. The normalized spacial score (nSPS) is 11.7. The molecule has 0 aliphatic heterocycles. The largest absolute Gasteiger partial charge is 0.361 e. The van der Waals surface area contributed by atoms with E-state index in [0.29, 0.717) is 0 Å². The van der Waals surface area contributed by atoms with Gasteiger partial charge in [0.25, 0.3) is 0 Å². The molecule has 0 aliphatic rings. The van der Waals surface area contributed by atoms with Gasteiger partial charge in [-0.05, 0) is 31.9 Å². The van der Waals surface area contributed by atoms with Crippen molar-refractivity contribution in [1.29, 1.82) is 0 Å². The fourth-order valence-corrected chi connectivity index (χ4v) is 2.31. The molecular weight excluding hydrogens is 236 g/mol. The van der Waals surface area contributed by atoms with Crippen LogP contribution in [0.25, 0.3) is 10.9 Å². The maximum atomic E-state index is 12.4. The summed E-state index contributed by atoms with van der Waals surface area (Å²) in [5.41, 5.74) is 1.61. The van der Waals surface area contributed by atoms with Crippen LogP contribution in [0, 0.1) is 0 Å². The molecule has 0 spiro atoms. The Morgan fingerprint density at radius 1 is 1.32 bits per heavy atom. The monoisotopic (exact) mass is 258 g/mol. The lowest BCUT2D eigenvalue weighted by Crippen LogP contribution is -2.40. The summed E-state index contributed by atoms with van der Waals surface area (Å²) in [6.07, 6.45) is 4.06. The number of H-pyrrole nitrogens is 1. The van der Waals surface area contributed by atoms with Gasteiger partial charge in [0, 0.05) is 23.6 Å². The molecule has 2 rings (SSSR count). The highest BCUT2D eigenvalue weighted by Crippen LogP contribution is 2.30. The SMILES string of the molecule is CCCCNC(=O)C(C)(C)c1c[nH]c2ccccc12. The Morgan fingerprint density at radius 2 is 2.05 bits per heavy atom. The Balaban J connectivity index is 2.25. The van der Waals surface area contributed by atoms with Crippen molar-refractivity contribution in [3.05, 3.63) is 36.0 Å². The third-order valence-electron chi connectivity index (χ3n) is 3.65. The van der Waals surface area contributed by atoms with Crippen LogP contribution >= 0.6 is 0 Å². The molecule has 0 atom stereocenters. The molecule has 19 heavy (non-hydrogen) atoms. The summed E-state index contributed by atoms with van der Waals surface area (Å²) >= 11 is 0. The number of hydrogen-bond donors (Lipinski definition) is 2. The molecule has 2 N–H and O–H groups in total. The van der Waals surface area contributed by atoms with E-state index in [2.05, 4.69) is 23.3 Å². The van der Waals surface area contributed by atoms with Gasteiger partial charge >= 0.3 is 0 Å². The first-order chi connectivity index (χ1) is 9.07. The molecule has 1 heterocycles. The lowest BCUT2D eigenvalue weighted by Gasteiger charge is -2.23. The molecule has 0 fully saturated rings. The number of para-hydroxylation sites is 1. The quantitative estimate of drug-likeness (QED) is 0.794. The van der Waals surface area contributed by atoms with Crippen LogP contribution in [0.4, 0.5) is 0 Å². The molecular formula is C16H22N2O. The zero-order valence-electron chi connectivity index (χ0n) is 11.9. The van der Waals surface area contributed by atoms with Crippen LogP contribution in [0.5, 0.6) is 0 Å². The minimum absolute atomic E-state index is 0.0886. The zero-order chi connectivity index (χ0) is 13.9. The van der Waals surface area contributed by atoms with Gasteiger partial charge < -0.3 is 10.3 Å². The first-order valence-corrected chi connectivity index (χ1v) is 6.92. The Hall–Kier alpha value is -1.77. The van der Waals surface area contributed by atoms with Crippen molar-refractivity contribution in [1.82, 2.24) is 10.3 Å². The number of benzene rings is 1. The van der Waals surface area contributed by atoms with E-state index in [1.807, 2.05) is 38.2 Å². The minimum Gasteiger partial charge on any atom is -0.361 e. The summed E-state index contributed by atoms with van der Waals surface area (Å²) < 4.78 is 0. The molecule has 102 valence electrons. The second kappa shape index (κ2) is 5.47. The van der Waals surface area contributed by atoms with Crippen LogP contribution < -0.4 is 5.32 Å². The summed E-state index contributed by atoms with van der Waals surface area (Å²) in [6.45, 7) is 6.83. The molecule has 1 aromatic heterocycles. The molecule has 3 heteroatoms. The van der Waals surface area contributed by atoms with Crippen LogP contribution in [0.3, 0.4) is 0 Å². The number of rotatable bonds is 5. The van der Waals surface area contributed by atoms with Gasteiger partial charge in [0.05, 0.1) is 5.41 Å². The van der Waals surface area contributed by atoms with E-state index in [1.165, 1.54) is 0 Å². The first kappa shape index (κ1) is 13.7. The number of aromatic nitrogens is 1. The second-order valence-electron chi connectivity index (χ2n) is 5.48. The summed E-state index contributed by atoms with van der Waals surface area (Å²) in [6, 6.07) is 8.09. The molecule has 0 saturated carbocycles. The van der Waals surface area contributed by atoms with Crippen molar-refractivity contribution >= 4 is 16.8 Å². The summed E-state index contributed by atoms with van der Waals surface area (Å²) in [5.74, 6) is 0.0886. The Kier molecular flexibility index (Phi) is 3.93. The maximum absolute atomic E-state index is 12.4. The van der Waals surface area contributed by atoms with Crippen LogP contribution in [-0.4, -0.2) is 17.4 Å². The summed E-state index contributed by atoms with van der Waals surface area (Å²) in [5, 5.41) is 4.15. The summed E-state index contributed by atoms with van der Waals surface area (Å²) in [7, 11) is 0. The second-order valence-corrected chi connectivity index (χ2v) is 5.48. The van der Waals surface area contributed by atoms with E-state index in [9.17, 15) is 4.79 Å². The molecule has 0 aliphatic carbocycles. The predicted octanol–water partition coefficient (Wildman–Crippen LogP) is 3.36. The average Bonchev–Trinajstić information content (AvgIpc) is 2.83. The number of aromatic amines is 1. The van der Waals surface area contributed by atoms with E-state index < -0.39 is 5.41 Å². The number of unbranched alkanes of at least 4 members (excludes halogenated alkanes) is 1. The fraction of sp³-hybridized carbons (Fsp3) is 0.438. The topological polar surface area (TPSA) is 44.9 Å². The third kappa shape index (κ3) is 2.65. The standard InChI is InChI=1S/C16H22N2O/c1-4-5-10-17-15(19)16(2,3)13-11-18-14-9-7-6-8-12(13)14/h6-9,11,18H,4-5,10H2,1-3H3,(H,17,19). The van der Waals surface area contributed by atoms with Crippen molar-refractivity contribution in [3.63, 3.8) is 0 Å². The molecule has 1 amide bonds. The number of amides is 1. The highest BCUT2D eigenvalue weighted by atomic mass is 16.2. The van der Waals surface area contributed by atoms with Gasteiger partial charge in [-0.1, -0.05) is 31.5 Å². The molecule has 0 unspecified atom stereocenters. The van der Waals surface area contributed by atoms with Gasteiger partial charge in [0.1, 0.15) is 0 Å². The van der Waals surface area contributed by atoms with Crippen molar-refractivity contribution in [2.75, 3.05) is 6.54 Å². The Labute approximate surface area is 114 Å². The van der Waals surface area contributed by atoms with Gasteiger partial charge in [-0.25, -0.2) is 0 Å². The third-order valence-corrected chi connectivity index (χ3v) is 3.65. The number of carbonyl (C=O) groups is 1. The van der Waals surface area contributed by atoms with Gasteiger partial charge in [-0.2, -0.15) is 0 Å². The van der Waals surface area contributed by atoms with Gasteiger partial charge in [0.15, 0.2) is 0 Å². The molecule has 0 saturated heterocycles. The molecule has 3 nitrogen and oxygen atoms in total. The zero-order valence-corrected chi connectivity index (χ0v) is 11.9. The smallest absolute Gasteiger partial charge is 0.230 e. The molecule has 1 aromatic carbocycles. The predicted molar refractivity (Wildman–Crippen MR) is 79.2 cm³/mol. The highest BCUT2D eigenvalue weighted by molar-refractivity contribution is 5.94. The van der Waals surface area contributed by atoms with E-state index in [1.54, 1.807) is 0 Å². The Morgan fingerprint density at radius 3 is 2.79 bits per heavy atom. The lowest BCUT2D eigenvalue weighted by molar-refractivity contribution is -0.125. The molecule has 0 radical (unpaired) electrons. The summed E-state index contributed by atoms with van der Waals surface area (Å²) in [4.78, 5) is 15.6. The van der Waals surface area contributed by atoms with Gasteiger partial charge in [-0.3, -0.25) is 4.79 Å². The van der Waals surface area contributed by atoms with E-state index in [-0.39, 0.29) is 5.91 Å². The van der Waals surface area contributed by atoms with E-state index >= 15 is 0 Å². The van der Waals surface area contributed by atoms with Crippen molar-refractivity contribution in [2.24, 2.45) is 0 Å². The van der Waals surface area contributed by atoms with E-state index in [0.717, 1.165) is 35.9 Å². The van der Waals surface area contributed by atoms with Crippen LogP contribution in [0.1, 0.15) is 39.2 Å². The van der Waals surface area contributed by atoms with Crippen LogP contribution in [0.15, 0.2) is 30.5 Å². The first-order valence-electron chi connectivity index (χ1n) is 6.92. The maximum Gasteiger partial charge on any atom is 0.230 e. The number of carbonyl (C=O) groups excluding carboxylic acids is 1. The molecule has 2 aromatic rings. The number of nitrogens with one attached hydrogen (secondary N) is 2. The van der Waals surface area contributed by atoms with Gasteiger partial charge in [0.2, 0.25) is 5.91 Å². The molecule has 0 bridgehead atoms. The minimum atomic E-state index is -0.520. The Bertz CT molecular complexity index is 569. The number of fused-ring (bicyclic) bond motifs is 1. The average molecular weight is 258 g/mol. The highest BCUT2D eigenvalue weighted by Gasteiger charge is 2.31. The van der Waals surface area contributed by atoms with Crippen molar-refractivity contribution in [2.45, 2.75) is 39.0 Å². The van der Waals surface area contributed by atoms with Gasteiger partial charge in [-0.15, -0.1) is 0 Å². The van der Waals surface area contributed by atoms with Crippen molar-refractivity contribution < 1.29 is 4.79 Å².